The Morgan fingerprint density at radius 1 is 1.62 bits per heavy atom. The summed E-state index contributed by atoms with van der Waals surface area (Å²) in [6.07, 6.45) is 2.19. The SMILES string of the molecule is CCC(C)CNc1ncnc(Cl)c1[N+](=O)[O-]. The molecule has 1 aromatic heterocycles. The number of nitrogens with zero attached hydrogens (tertiary/aromatic N) is 3. The molecular weight excluding hydrogens is 232 g/mol. The van der Waals surface area contributed by atoms with Crippen molar-refractivity contribution in [2.75, 3.05) is 11.9 Å². The van der Waals surface area contributed by atoms with E-state index >= 15 is 0 Å². The first-order chi connectivity index (χ1) is 7.56. The van der Waals surface area contributed by atoms with E-state index in [4.69, 9.17) is 11.6 Å². The number of rotatable bonds is 5. The highest BCUT2D eigenvalue weighted by Crippen LogP contribution is 2.28. The zero-order chi connectivity index (χ0) is 12.1. The third kappa shape index (κ3) is 3.03. The van der Waals surface area contributed by atoms with Crippen molar-refractivity contribution in [2.24, 2.45) is 5.92 Å². The van der Waals surface area contributed by atoms with E-state index in [0.29, 0.717) is 12.5 Å². The summed E-state index contributed by atoms with van der Waals surface area (Å²) in [5.41, 5.74) is -0.271. The first-order valence-electron chi connectivity index (χ1n) is 4.95. The summed E-state index contributed by atoms with van der Waals surface area (Å²) < 4.78 is 0. The van der Waals surface area contributed by atoms with Gasteiger partial charge in [-0.25, -0.2) is 9.97 Å². The van der Waals surface area contributed by atoms with Crippen molar-refractivity contribution in [1.82, 2.24) is 9.97 Å². The standard InChI is InChI=1S/C9H13ClN4O2/c1-3-6(2)4-11-9-7(14(15)16)8(10)12-5-13-9/h5-6H,3-4H2,1-2H3,(H,11,12,13). The Morgan fingerprint density at radius 3 is 2.88 bits per heavy atom. The number of halogens is 1. The number of aromatic nitrogens is 2. The third-order valence-electron chi connectivity index (χ3n) is 2.28. The molecule has 1 unspecified atom stereocenters. The fourth-order valence-electron chi connectivity index (χ4n) is 1.06. The van der Waals surface area contributed by atoms with E-state index in [-0.39, 0.29) is 16.7 Å². The van der Waals surface area contributed by atoms with Gasteiger partial charge in [-0.05, 0) is 5.92 Å². The van der Waals surface area contributed by atoms with Gasteiger partial charge < -0.3 is 5.32 Å². The lowest BCUT2D eigenvalue weighted by atomic mass is 10.1. The summed E-state index contributed by atoms with van der Waals surface area (Å²) in [5, 5.41) is 13.5. The van der Waals surface area contributed by atoms with E-state index < -0.39 is 4.92 Å². The lowest BCUT2D eigenvalue weighted by Gasteiger charge is -2.10. The lowest BCUT2D eigenvalue weighted by molar-refractivity contribution is -0.384. The molecule has 0 aliphatic heterocycles. The van der Waals surface area contributed by atoms with Gasteiger partial charge in [0.05, 0.1) is 4.92 Å². The molecule has 0 aromatic carbocycles. The predicted molar refractivity (Wildman–Crippen MR) is 61.6 cm³/mol. The Hall–Kier alpha value is -1.43. The number of anilines is 1. The molecule has 0 spiro atoms. The molecule has 7 heteroatoms. The van der Waals surface area contributed by atoms with E-state index in [1.807, 2.05) is 13.8 Å². The molecular formula is C9H13ClN4O2. The minimum Gasteiger partial charge on any atom is -0.364 e. The molecule has 6 nitrogen and oxygen atoms in total. The zero-order valence-electron chi connectivity index (χ0n) is 9.11. The molecule has 1 aromatic rings. The molecule has 0 amide bonds. The summed E-state index contributed by atoms with van der Waals surface area (Å²) >= 11 is 5.64. The van der Waals surface area contributed by atoms with Crippen LogP contribution in [0.4, 0.5) is 11.5 Å². The van der Waals surface area contributed by atoms with Crippen LogP contribution in [-0.4, -0.2) is 21.4 Å². The molecule has 1 rings (SSSR count). The molecule has 0 radical (unpaired) electrons. The second kappa shape index (κ2) is 5.60. The van der Waals surface area contributed by atoms with E-state index in [9.17, 15) is 10.1 Å². The van der Waals surface area contributed by atoms with Crippen LogP contribution < -0.4 is 5.32 Å². The molecule has 88 valence electrons. The van der Waals surface area contributed by atoms with Crippen LogP contribution in [0.15, 0.2) is 6.33 Å². The molecule has 0 aliphatic rings. The van der Waals surface area contributed by atoms with Crippen molar-refractivity contribution in [1.29, 1.82) is 0 Å². The van der Waals surface area contributed by atoms with Crippen molar-refractivity contribution in [3.05, 3.63) is 21.6 Å². The summed E-state index contributed by atoms with van der Waals surface area (Å²) in [6, 6.07) is 0. The smallest absolute Gasteiger partial charge is 0.348 e. The second-order valence-electron chi connectivity index (χ2n) is 3.51. The van der Waals surface area contributed by atoms with E-state index in [1.165, 1.54) is 6.33 Å². The van der Waals surface area contributed by atoms with Crippen LogP contribution in [0, 0.1) is 16.0 Å². The Morgan fingerprint density at radius 2 is 2.31 bits per heavy atom. The van der Waals surface area contributed by atoms with Gasteiger partial charge in [0.15, 0.2) is 0 Å². The molecule has 0 saturated heterocycles. The van der Waals surface area contributed by atoms with E-state index in [2.05, 4.69) is 15.3 Å². The summed E-state index contributed by atoms with van der Waals surface area (Å²) in [7, 11) is 0. The molecule has 0 aliphatic carbocycles. The van der Waals surface area contributed by atoms with Crippen molar-refractivity contribution in [2.45, 2.75) is 20.3 Å². The topological polar surface area (TPSA) is 81.0 Å². The van der Waals surface area contributed by atoms with Gasteiger partial charge in [0.25, 0.3) is 0 Å². The first kappa shape index (κ1) is 12.6. The van der Waals surface area contributed by atoms with Gasteiger partial charge in [0.2, 0.25) is 11.0 Å². The van der Waals surface area contributed by atoms with Crippen LogP contribution in [0.2, 0.25) is 5.15 Å². The zero-order valence-corrected chi connectivity index (χ0v) is 9.86. The maximum absolute atomic E-state index is 10.8. The van der Waals surface area contributed by atoms with E-state index in [1.54, 1.807) is 0 Å². The quantitative estimate of drug-likeness (QED) is 0.489. The molecule has 1 heterocycles. The fraction of sp³-hybridized carbons (Fsp3) is 0.556. The molecule has 16 heavy (non-hydrogen) atoms. The monoisotopic (exact) mass is 244 g/mol. The number of hydrogen-bond donors (Lipinski definition) is 1. The highest BCUT2D eigenvalue weighted by atomic mass is 35.5. The summed E-state index contributed by atoms with van der Waals surface area (Å²) in [6.45, 7) is 4.71. The fourth-order valence-corrected chi connectivity index (χ4v) is 1.27. The number of nitro groups is 1. The van der Waals surface area contributed by atoms with Gasteiger partial charge in [0, 0.05) is 6.54 Å². The average molecular weight is 245 g/mol. The first-order valence-corrected chi connectivity index (χ1v) is 5.32. The van der Waals surface area contributed by atoms with Crippen LogP contribution in [-0.2, 0) is 0 Å². The van der Waals surface area contributed by atoms with Gasteiger partial charge in [-0.15, -0.1) is 0 Å². The number of nitrogens with one attached hydrogen (secondary N) is 1. The maximum atomic E-state index is 10.8. The lowest BCUT2D eigenvalue weighted by Crippen LogP contribution is -2.13. The van der Waals surface area contributed by atoms with Crippen LogP contribution >= 0.6 is 11.6 Å². The van der Waals surface area contributed by atoms with Crippen molar-refractivity contribution in [3.8, 4) is 0 Å². The van der Waals surface area contributed by atoms with Crippen LogP contribution in [0.5, 0.6) is 0 Å². The average Bonchev–Trinajstić information content (AvgIpc) is 2.25. The van der Waals surface area contributed by atoms with Gasteiger partial charge >= 0.3 is 5.69 Å². The minimum atomic E-state index is -0.582. The van der Waals surface area contributed by atoms with Gasteiger partial charge in [-0.3, -0.25) is 10.1 Å². The minimum absolute atomic E-state index is 0.147. The molecule has 0 bridgehead atoms. The Kier molecular flexibility index (Phi) is 4.42. The molecule has 0 saturated carbocycles. The molecule has 0 fully saturated rings. The van der Waals surface area contributed by atoms with Gasteiger partial charge in [-0.1, -0.05) is 31.9 Å². The predicted octanol–water partition coefficient (Wildman–Crippen LogP) is 2.50. The summed E-state index contributed by atoms with van der Waals surface area (Å²) in [5.74, 6) is 0.582. The highest BCUT2D eigenvalue weighted by Gasteiger charge is 2.21. The Balaban J connectivity index is 2.87. The largest absolute Gasteiger partial charge is 0.364 e. The van der Waals surface area contributed by atoms with Gasteiger partial charge in [-0.2, -0.15) is 0 Å². The molecule has 1 atom stereocenters. The van der Waals surface area contributed by atoms with Crippen molar-refractivity contribution in [3.63, 3.8) is 0 Å². The normalized spacial score (nSPS) is 12.2. The Bertz CT molecular complexity index is 386. The third-order valence-corrected chi connectivity index (χ3v) is 2.55. The highest BCUT2D eigenvalue weighted by molar-refractivity contribution is 6.31. The van der Waals surface area contributed by atoms with E-state index in [0.717, 1.165) is 6.42 Å². The van der Waals surface area contributed by atoms with Crippen LogP contribution in [0.3, 0.4) is 0 Å². The Labute approximate surface area is 98.2 Å². The van der Waals surface area contributed by atoms with Gasteiger partial charge in [0.1, 0.15) is 6.33 Å². The summed E-state index contributed by atoms with van der Waals surface area (Å²) in [4.78, 5) is 17.6. The van der Waals surface area contributed by atoms with Crippen LogP contribution in [0.25, 0.3) is 0 Å². The molecule has 1 N–H and O–H groups in total. The van der Waals surface area contributed by atoms with Crippen LogP contribution in [0.1, 0.15) is 20.3 Å². The maximum Gasteiger partial charge on any atom is 0.348 e. The second-order valence-corrected chi connectivity index (χ2v) is 3.87. The number of hydrogen-bond acceptors (Lipinski definition) is 5. The van der Waals surface area contributed by atoms with Crippen molar-refractivity contribution < 1.29 is 4.92 Å². The van der Waals surface area contributed by atoms with Crippen molar-refractivity contribution >= 4 is 23.1 Å².